The molecule has 4 nitrogen and oxygen atoms in total. The molecule has 1 aliphatic heterocycles. The molecule has 0 radical (unpaired) electrons. The first-order valence-corrected chi connectivity index (χ1v) is 7.29. The largest absolute Gasteiger partial charge is 0.336 e. The maximum absolute atomic E-state index is 12.2. The van der Waals surface area contributed by atoms with Gasteiger partial charge in [-0.3, -0.25) is 13.2 Å². The van der Waals surface area contributed by atoms with Gasteiger partial charge in [-0.25, -0.2) is 0 Å². The summed E-state index contributed by atoms with van der Waals surface area (Å²) in [6.07, 6.45) is 0. The molecule has 1 amide bonds. The molecule has 1 aromatic rings. The van der Waals surface area contributed by atoms with Crippen molar-refractivity contribution < 1.29 is 4.79 Å². The lowest BCUT2D eigenvalue weighted by molar-refractivity contribution is 0.0640. The number of hydrogen-bond acceptors (Lipinski definition) is 3. The first kappa shape index (κ1) is 13.8. The fourth-order valence-electron chi connectivity index (χ4n) is 2.14. The summed E-state index contributed by atoms with van der Waals surface area (Å²) < 4.78 is 3.12. The van der Waals surface area contributed by atoms with Crippen LogP contribution in [0.3, 0.4) is 0 Å². The molecular formula is C13H18IN3O. The van der Waals surface area contributed by atoms with Crippen LogP contribution in [0.25, 0.3) is 0 Å². The summed E-state index contributed by atoms with van der Waals surface area (Å²) in [5, 5.41) is 0. The molecule has 0 atom stereocenters. The number of amides is 1. The fourth-order valence-corrected chi connectivity index (χ4v) is 2.38. The third-order valence-corrected chi connectivity index (χ3v) is 3.74. The lowest BCUT2D eigenvalue weighted by Crippen LogP contribution is -2.49. The van der Waals surface area contributed by atoms with Gasteiger partial charge in [0.05, 0.1) is 0 Å². The number of benzene rings is 1. The average Bonchev–Trinajstić information content (AvgIpc) is 2.46. The van der Waals surface area contributed by atoms with Gasteiger partial charge < -0.3 is 4.90 Å². The molecule has 18 heavy (non-hydrogen) atoms. The van der Waals surface area contributed by atoms with Crippen molar-refractivity contribution >= 4 is 28.8 Å². The van der Waals surface area contributed by atoms with E-state index in [9.17, 15) is 4.79 Å². The molecule has 0 spiro atoms. The third-order valence-electron chi connectivity index (χ3n) is 3.20. The number of carbonyl (C=O) groups is 1. The van der Waals surface area contributed by atoms with Gasteiger partial charge >= 0.3 is 0 Å². The summed E-state index contributed by atoms with van der Waals surface area (Å²) >= 11 is 2.16. The molecule has 1 aromatic carbocycles. The summed E-state index contributed by atoms with van der Waals surface area (Å²) in [4.78, 5) is 16.6. The molecule has 0 saturated carbocycles. The first-order chi connectivity index (χ1) is 8.81. The van der Waals surface area contributed by atoms with E-state index in [1.807, 2.05) is 35.2 Å². The second-order valence-electron chi connectivity index (χ2n) is 4.38. The minimum atomic E-state index is 0.155. The van der Waals surface area contributed by atoms with Crippen LogP contribution in [0.4, 0.5) is 0 Å². The van der Waals surface area contributed by atoms with Gasteiger partial charge in [0, 0.05) is 67.7 Å². The maximum Gasteiger partial charge on any atom is 0.253 e. The zero-order valence-corrected chi connectivity index (χ0v) is 12.5. The Morgan fingerprint density at radius 3 is 2.44 bits per heavy atom. The van der Waals surface area contributed by atoms with E-state index >= 15 is 0 Å². The number of piperazine rings is 1. The monoisotopic (exact) mass is 359 g/mol. The summed E-state index contributed by atoms with van der Waals surface area (Å²) in [7, 11) is 0. The molecule has 0 aliphatic carbocycles. The Balaban J connectivity index is 1.84. The maximum atomic E-state index is 12.2. The molecule has 0 aromatic heterocycles. The van der Waals surface area contributed by atoms with Crippen LogP contribution in [0, 0.1) is 0 Å². The molecule has 1 saturated heterocycles. The van der Waals surface area contributed by atoms with E-state index in [0.29, 0.717) is 0 Å². The van der Waals surface area contributed by atoms with Gasteiger partial charge in [0.2, 0.25) is 0 Å². The Bertz CT molecular complexity index is 377. The van der Waals surface area contributed by atoms with Crippen LogP contribution in [-0.2, 0) is 0 Å². The van der Waals surface area contributed by atoms with Gasteiger partial charge in [-0.15, -0.1) is 0 Å². The molecule has 0 bridgehead atoms. The molecule has 5 heteroatoms. The molecule has 1 N–H and O–H groups in total. The number of carbonyl (C=O) groups excluding carboxylic acids is 1. The summed E-state index contributed by atoms with van der Waals surface area (Å²) in [5.41, 5.74) is 0.792. The third kappa shape index (κ3) is 3.66. The number of rotatable bonds is 4. The number of hydrogen-bond donors (Lipinski definition) is 1. The van der Waals surface area contributed by atoms with Crippen molar-refractivity contribution in [1.82, 2.24) is 13.3 Å². The van der Waals surface area contributed by atoms with Crippen molar-refractivity contribution in [1.29, 1.82) is 0 Å². The predicted octanol–water partition coefficient (Wildman–Crippen LogP) is 1.38. The van der Waals surface area contributed by atoms with Gasteiger partial charge in [-0.1, -0.05) is 18.2 Å². The topological polar surface area (TPSA) is 35.6 Å². The summed E-state index contributed by atoms with van der Waals surface area (Å²) in [6, 6.07) is 9.53. The smallest absolute Gasteiger partial charge is 0.253 e. The van der Waals surface area contributed by atoms with Crippen LogP contribution in [0.1, 0.15) is 10.4 Å². The van der Waals surface area contributed by atoms with E-state index in [2.05, 4.69) is 31.3 Å². The normalized spacial score (nSPS) is 16.8. The average molecular weight is 359 g/mol. The molecule has 98 valence electrons. The molecule has 0 unspecified atom stereocenters. The van der Waals surface area contributed by atoms with Gasteiger partial charge in [0.15, 0.2) is 0 Å². The number of nitrogens with zero attached hydrogens (tertiary/aromatic N) is 2. The van der Waals surface area contributed by atoms with Crippen LogP contribution in [0.15, 0.2) is 30.3 Å². The van der Waals surface area contributed by atoms with Crippen LogP contribution in [-0.4, -0.2) is 55.0 Å². The van der Waals surface area contributed by atoms with Crippen LogP contribution >= 0.6 is 22.9 Å². The van der Waals surface area contributed by atoms with Gasteiger partial charge in [0.1, 0.15) is 0 Å². The van der Waals surface area contributed by atoms with Crippen molar-refractivity contribution in [2.45, 2.75) is 0 Å². The first-order valence-electron chi connectivity index (χ1n) is 6.21. The Labute approximate surface area is 122 Å². The highest BCUT2D eigenvalue weighted by atomic mass is 127. The van der Waals surface area contributed by atoms with Crippen molar-refractivity contribution in [3.8, 4) is 0 Å². The lowest BCUT2D eigenvalue weighted by Gasteiger charge is -2.34. The van der Waals surface area contributed by atoms with Crippen LogP contribution < -0.4 is 3.53 Å². The van der Waals surface area contributed by atoms with Crippen molar-refractivity contribution in [2.75, 3.05) is 39.3 Å². The Kier molecular flexibility index (Phi) is 5.40. The van der Waals surface area contributed by atoms with E-state index in [-0.39, 0.29) is 5.91 Å². The highest BCUT2D eigenvalue weighted by Gasteiger charge is 2.21. The number of halogens is 1. The van der Waals surface area contributed by atoms with Gasteiger partial charge in [-0.2, -0.15) is 0 Å². The molecule has 1 aliphatic rings. The SMILES string of the molecule is O=C(c1ccccc1)N1CCN(CCNI)CC1. The van der Waals surface area contributed by atoms with Crippen LogP contribution in [0.2, 0.25) is 0 Å². The van der Waals surface area contributed by atoms with E-state index in [4.69, 9.17) is 0 Å². The van der Waals surface area contributed by atoms with Crippen molar-refractivity contribution in [3.05, 3.63) is 35.9 Å². The fraction of sp³-hybridized carbons (Fsp3) is 0.462. The molecular weight excluding hydrogens is 341 g/mol. The van der Waals surface area contributed by atoms with Crippen molar-refractivity contribution in [3.63, 3.8) is 0 Å². The minimum Gasteiger partial charge on any atom is -0.336 e. The lowest BCUT2D eigenvalue weighted by atomic mass is 10.2. The number of nitrogens with one attached hydrogen (secondary N) is 1. The molecule has 1 fully saturated rings. The Morgan fingerprint density at radius 2 is 1.83 bits per heavy atom. The minimum absolute atomic E-state index is 0.155. The Hall–Kier alpha value is -0.660. The summed E-state index contributed by atoms with van der Waals surface area (Å²) in [6.45, 7) is 5.64. The van der Waals surface area contributed by atoms with E-state index in [0.717, 1.165) is 44.8 Å². The second kappa shape index (κ2) is 7.06. The zero-order valence-electron chi connectivity index (χ0n) is 10.3. The van der Waals surface area contributed by atoms with Gasteiger partial charge in [-0.05, 0) is 12.1 Å². The van der Waals surface area contributed by atoms with Crippen molar-refractivity contribution in [2.24, 2.45) is 0 Å². The molecule has 2 rings (SSSR count). The molecule has 1 heterocycles. The highest BCUT2D eigenvalue weighted by Crippen LogP contribution is 2.08. The standard InChI is InChI=1S/C13H18IN3O/c14-15-6-7-16-8-10-17(11-9-16)13(18)12-4-2-1-3-5-12/h1-5,15H,6-11H2. The second-order valence-corrected chi connectivity index (χ2v) is 5.15. The van der Waals surface area contributed by atoms with Crippen LogP contribution in [0.5, 0.6) is 0 Å². The summed E-state index contributed by atoms with van der Waals surface area (Å²) in [5.74, 6) is 0.155. The van der Waals surface area contributed by atoms with E-state index in [1.165, 1.54) is 0 Å². The van der Waals surface area contributed by atoms with E-state index < -0.39 is 0 Å². The van der Waals surface area contributed by atoms with E-state index in [1.54, 1.807) is 0 Å². The Morgan fingerprint density at radius 1 is 1.17 bits per heavy atom. The highest BCUT2D eigenvalue weighted by molar-refractivity contribution is 14.1. The quantitative estimate of drug-likeness (QED) is 0.652. The zero-order chi connectivity index (χ0) is 12.8. The van der Waals surface area contributed by atoms with Gasteiger partial charge in [0.25, 0.3) is 5.91 Å². The predicted molar refractivity (Wildman–Crippen MR) is 80.8 cm³/mol.